The molecular weight excluding hydrogens is 165 g/mol. The summed E-state index contributed by atoms with van der Waals surface area (Å²) < 4.78 is 10.4. The Labute approximate surface area is 79.4 Å². The van der Waals surface area contributed by atoms with E-state index in [4.69, 9.17) is 0 Å². The van der Waals surface area contributed by atoms with Crippen molar-refractivity contribution in [2.24, 2.45) is 5.92 Å². The van der Waals surface area contributed by atoms with Gasteiger partial charge in [-0.3, -0.25) is 0 Å². The quantitative estimate of drug-likeness (QED) is 0.620. The van der Waals surface area contributed by atoms with Crippen LogP contribution < -0.4 is 0 Å². The van der Waals surface area contributed by atoms with E-state index in [0.717, 1.165) is 33.0 Å². The molecule has 0 radical (unpaired) electrons. The Balaban J connectivity index is 2.04. The fraction of sp³-hybridized carbons (Fsp3) is 1.00. The van der Waals surface area contributed by atoms with Gasteiger partial charge in [0.25, 0.3) is 0 Å². The van der Waals surface area contributed by atoms with Crippen molar-refractivity contribution in [1.29, 1.82) is 0 Å². The van der Waals surface area contributed by atoms with Gasteiger partial charge in [-0.25, -0.2) is 0 Å². The molecule has 3 nitrogen and oxygen atoms in total. The average molecular weight is 181 g/mol. The van der Waals surface area contributed by atoms with Crippen LogP contribution in [-0.4, -0.2) is 42.3 Å². The molecule has 72 valence electrons. The molecule has 3 aliphatic rings. The molecule has 0 spiro atoms. The molecule has 0 amide bonds. The summed E-state index contributed by atoms with van der Waals surface area (Å²) in [4.78, 5) is 2.23. The summed E-state index contributed by atoms with van der Waals surface area (Å²) in [5.41, 5.74) is 0. The van der Waals surface area contributed by atoms with Crippen LogP contribution in [0.5, 0.6) is 0 Å². The number of nitrogens with zero attached hydrogens (tertiary/aromatic N) is 1. The summed E-state index contributed by atoms with van der Waals surface area (Å²) in [5, 5.41) is 9.64. The molecule has 2 bridgehead atoms. The zero-order valence-corrected chi connectivity index (χ0v) is 7.85. The van der Waals surface area contributed by atoms with Crippen LogP contribution in [0.3, 0.4) is 0 Å². The van der Waals surface area contributed by atoms with Crippen molar-refractivity contribution in [2.75, 3.05) is 13.0 Å². The molecule has 2 aliphatic heterocycles. The third kappa shape index (κ3) is 1.99. The summed E-state index contributed by atoms with van der Waals surface area (Å²) in [6, 6.07) is 0.457. The van der Waals surface area contributed by atoms with Crippen molar-refractivity contribution >= 4 is 7.15 Å². The van der Waals surface area contributed by atoms with Gasteiger partial charge in [-0.15, -0.1) is 0 Å². The van der Waals surface area contributed by atoms with E-state index in [1.807, 2.05) is 0 Å². The average Bonchev–Trinajstić information content (AvgIpc) is 2.34. The van der Waals surface area contributed by atoms with E-state index in [1.54, 1.807) is 0 Å². The molecule has 3 rings (SSSR count). The van der Waals surface area contributed by atoms with Gasteiger partial charge >= 0.3 is 78.6 Å². The van der Waals surface area contributed by atoms with Crippen molar-refractivity contribution < 1.29 is 9.81 Å². The van der Waals surface area contributed by atoms with Crippen LogP contribution in [-0.2, 0) is 4.70 Å². The van der Waals surface area contributed by atoms with E-state index in [-0.39, 0.29) is 6.10 Å². The standard InChI is InChI=1S/C9H16BNO2/c12-9-3-7-1-2-8(4-9)11(5-7)6-10-13/h7-9,12H,1-6H2. The second-order valence-electron chi connectivity index (χ2n) is 4.34. The Kier molecular flexibility index (Phi) is 2.79. The van der Waals surface area contributed by atoms with E-state index in [2.05, 4.69) is 4.90 Å². The first-order valence-corrected chi connectivity index (χ1v) is 5.15. The van der Waals surface area contributed by atoms with E-state index in [1.165, 1.54) is 6.42 Å². The summed E-state index contributed by atoms with van der Waals surface area (Å²) in [6.07, 6.45) is 4.62. The van der Waals surface area contributed by atoms with Gasteiger partial charge in [0.1, 0.15) is 0 Å². The molecule has 1 N–H and O–H groups in total. The maximum atomic E-state index is 10.4. The molecule has 2 saturated heterocycles. The number of piperidine rings is 1. The summed E-state index contributed by atoms with van der Waals surface area (Å²) >= 11 is 0. The summed E-state index contributed by atoms with van der Waals surface area (Å²) in [5.74, 6) is 0.619. The zero-order chi connectivity index (χ0) is 9.26. The van der Waals surface area contributed by atoms with E-state index >= 15 is 0 Å². The van der Waals surface area contributed by atoms with Crippen molar-refractivity contribution in [3.05, 3.63) is 0 Å². The zero-order valence-electron chi connectivity index (χ0n) is 7.85. The summed E-state index contributed by atoms with van der Waals surface area (Å²) in [7, 11) is 0.979. The maximum absolute atomic E-state index is 10.4. The van der Waals surface area contributed by atoms with Crippen LogP contribution in [0.1, 0.15) is 25.7 Å². The second kappa shape index (κ2) is 3.88. The second-order valence-corrected chi connectivity index (χ2v) is 4.34. The Morgan fingerprint density at radius 3 is 3.00 bits per heavy atom. The first kappa shape index (κ1) is 9.34. The molecule has 3 unspecified atom stereocenters. The molecule has 1 aliphatic carbocycles. The molecule has 3 fully saturated rings. The minimum absolute atomic E-state index is 0.130. The van der Waals surface area contributed by atoms with Crippen molar-refractivity contribution in [3.8, 4) is 0 Å². The van der Waals surface area contributed by atoms with Gasteiger partial charge < -0.3 is 0 Å². The van der Waals surface area contributed by atoms with Gasteiger partial charge in [-0.2, -0.15) is 0 Å². The van der Waals surface area contributed by atoms with Crippen molar-refractivity contribution in [1.82, 2.24) is 4.90 Å². The molecule has 1 saturated carbocycles. The van der Waals surface area contributed by atoms with E-state index in [0.29, 0.717) is 18.4 Å². The van der Waals surface area contributed by atoms with Gasteiger partial charge in [-0.05, 0) is 0 Å². The Morgan fingerprint density at radius 1 is 1.38 bits per heavy atom. The number of hydrogen-bond donors (Lipinski definition) is 1. The molecule has 0 aromatic heterocycles. The van der Waals surface area contributed by atoms with Gasteiger partial charge in [0.2, 0.25) is 0 Å². The van der Waals surface area contributed by atoms with E-state index in [9.17, 15) is 9.81 Å². The number of aliphatic hydroxyl groups is 1. The third-order valence-electron chi connectivity index (χ3n) is 3.38. The fourth-order valence-corrected chi connectivity index (χ4v) is 2.76. The Morgan fingerprint density at radius 2 is 2.23 bits per heavy atom. The molecule has 3 atom stereocenters. The minimum atomic E-state index is -0.130. The van der Waals surface area contributed by atoms with Crippen LogP contribution >= 0.6 is 0 Å². The van der Waals surface area contributed by atoms with E-state index < -0.39 is 0 Å². The molecule has 0 aromatic rings. The first-order valence-electron chi connectivity index (χ1n) is 5.15. The van der Waals surface area contributed by atoms with Crippen LogP contribution in [0.2, 0.25) is 0 Å². The molecule has 0 aromatic carbocycles. The normalized spacial score (nSPS) is 39.9. The molecular formula is C9H16BNO2. The Hall–Kier alpha value is -0.215. The van der Waals surface area contributed by atoms with Crippen LogP contribution in [0, 0.1) is 5.92 Å². The van der Waals surface area contributed by atoms with Crippen LogP contribution in [0.4, 0.5) is 0 Å². The van der Waals surface area contributed by atoms with Gasteiger partial charge in [-0.1, -0.05) is 0 Å². The van der Waals surface area contributed by atoms with Gasteiger partial charge in [0.05, 0.1) is 0 Å². The number of hydrogen-bond acceptors (Lipinski definition) is 3. The SMILES string of the molecule is O=BCN1CC2CCC1CC(O)C2. The van der Waals surface area contributed by atoms with Crippen molar-refractivity contribution in [2.45, 2.75) is 37.8 Å². The Bertz CT molecular complexity index is 200. The first-order chi connectivity index (χ1) is 6.29. The predicted octanol–water partition coefficient (Wildman–Crippen LogP) is 0.229. The molecule has 4 heteroatoms. The molecule has 2 heterocycles. The monoisotopic (exact) mass is 181 g/mol. The number of fused-ring (bicyclic) bond motifs is 4. The predicted molar refractivity (Wildman–Crippen MR) is 49.8 cm³/mol. The number of aliphatic hydroxyl groups excluding tert-OH is 1. The van der Waals surface area contributed by atoms with Crippen LogP contribution in [0.15, 0.2) is 0 Å². The third-order valence-corrected chi connectivity index (χ3v) is 3.38. The van der Waals surface area contributed by atoms with Crippen molar-refractivity contribution in [3.63, 3.8) is 0 Å². The van der Waals surface area contributed by atoms with Gasteiger partial charge in [0, 0.05) is 0 Å². The fourth-order valence-electron chi connectivity index (χ4n) is 2.76. The van der Waals surface area contributed by atoms with Crippen LogP contribution in [0.25, 0.3) is 0 Å². The number of rotatable bonds is 2. The topological polar surface area (TPSA) is 40.5 Å². The van der Waals surface area contributed by atoms with Gasteiger partial charge in [0.15, 0.2) is 0 Å². The summed E-state index contributed by atoms with van der Waals surface area (Å²) in [6.45, 7) is 1.01. The molecule has 13 heavy (non-hydrogen) atoms.